The molecule has 1 aromatic heterocycles. The molecular formula is C9H13NOS. The van der Waals surface area contributed by atoms with Crippen LogP contribution in [0.1, 0.15) is 18.7 Å². The molecule has 2 nitrogen and oxygen atoms in total. The SMILES string of the molecule is CC1COC(C)(c2cccs2)N1. The zero-order valence-corrected chi connectivity index (χ0v) is 8.15. The maximum atomic E-state index is 5.70. The summed E-state index contributed by atoms with van der Waals surface area (Å²) in [5, 5.41) is 5.50. The highest BCUT2D eigenvalue weighted by molar-refractivity contribution is 7.10. The Morgan fingerprint density at radius 3 is 3.08 bits per heavy atom. The lowest BCUT2D eigenvalue weighted by Gasteiger charge is -2.22. The first-order valence-electron chi connectivity index (χ1n) is 4.16. The summed E-state index contributed by atoms with van der Waals surface area (Å²) in [6.45, 7) is 5.02. The van der Waals surface area contributed by atoms with Crippen molar-refractivity contribution in [3.05, 3.63) is 22.4 Å². The molecule has 0 amide bonds. The summed E-state index contributed by atoms with van der Waals surface area (Å²) < 4.78 is 5.70. The molecule has 1 aromatic rings. The van der Waals surface area contributed by atoms with Crippen LogP contribution in [0.15, 0.2) is 17.5 Å². The second-order valence-corrected chi connectivity index (χ2v) is 4.31. The second-order valence-electron chi connectivity index (χ2n) is 3.37. The maximum Gasteiger partial charge on any atom is 0.152 e. The number of ether oxygens (including phenoxy) is 1. The van der Waals surface area contributed by atoms with Crippen molar-refractivity contribution < 1.29 is 4.74 Å². The predicted octanol–water partition coefficient (Wildman–Crippen LogP) is 1.93. The van der Waals surface area contributed by atoms with E-state index in [1.54, 1.807) is 11.3 Å². The monoisotopic (exact) mass is 183 g/mol. The van der Waals surface area contributed by atoms with Gasteiger partial charge >= 0.3 is 0 Å². The zero-order chi connectivity index (χ0) is 8.60. The van der Waals surface area contributed by atoms with Gasteiger partial charge in [-0.25, -0.2) is 0 Å². The van der Waals surface area contributed by atoms with E-state index < -0.39 is 0 Å². The van der Waals surface area contributed by atoms with Crippen LogP contribution in [0.3, 0.4) is 0 Å². The van der Waals surface area contributed by atoms with Gasteiger partial charge in [-0.2, -0.15) is 0 Å². The fourth-order valence-corrected chi connectivity index (χ4v) is 2.34. The molecule has 2 rings (SSSR count). The topological polar surface area (TPSA) is 21.3 Å². The van der Waals surface area contributed by atoms with Gasteiger partial charge in [0.2, 0.25) is 0 Å². The summed E-state index contributed by atoms with van der Waals surface area (Å²) in [6.07, 6.45) is 0. The molecule has 2 heterocycles. The van der Waals surface area contributed by atoms with E-state index in [9.17, 15) is 0 Å². The molecule has 0 aromatic carbocycles. The van der Waals surface area contributed by atoms with E-state index in [1.165, 1.54) is 4.88 Å². The van der Waals surface area contributed by atoms with Gasteiger partial charge in [0, 0.05) is 6.04 Å². The highest BCUT2D eigenvalue weighted by Gasteiger charge is 2.35. The minimum Gasteiger partial charge on any atom is -0.354 e. The summed E-state index contributed by atoms with van der Waals surface area (Å²) in [5.74, 6) is 0. The predicted molar refractivity (Wildman–Crippen MR) is 50.2 cm³/mol. The van der Waals surface area contributed by atoms with E-state index in [0.717, 1.165) is 6.61 Å². The molecule has 0 saturated carbocycles. The Kier molecular flexibility index (Phi) is 1.94. The van der Waals surface area contributed by atoms with Gasteiger partial charge < -0.3 is 4.74 Å². The highest BCUT2D eigenvalue weighted by Crippen LogP contribution is 2.30. The van der Waals surface area contributed by atoms with E-state index in [0.29, 0.717) is 6.04 Å². The van der Waals surface area contributed by atoms with Crippen LogP contribution >= 0.6 is 11.3 Å². The Morgan fingerprint density at radius 1 is 1.75 bits per heavy atom. The lowest BCUT2D eigenvalue weighted by molar-refractivity contribution is 0.00550. The van der Waals surface area contributed by atoms with Crippen LogP contribution in [0.2, 0.25) is 0 Å². The van der Waals surface area contributed by atoms with E-state index >= 15 is 0 Å². The van der Waals surface area contributed by atoms with Crippen LogP contribution in [0.5, 0.6) is 0 Å². The zero-order valence-electron chi connectivity index (χ0n) is 7.33. The van der Waals surface area contributed by atoms with E-state index in [4.69, 9.17) is 4.74 Å². The second kappa shape index (κ2) is 2.83. The molecule has 0 radical (unpaired) electrons. The fraction of sp³-hybridized carbons (Fsp3) is 0.556. The average molecular weight is 183 g/mol. The summed E-state index contributed by atoms with van der Waals surface area (Å²) in [4.78, 5) is 1.26. The Morgan fingerprint density at radius 2 is 2.58 bits per heavy atom. The minimum absolute atomic E-state index is 0.242. The van der Waals surface area contributed by atoms with E-state index in [1.807, 2.05) is 0 Å². The Hall–Kier alpha value is -0.380. The minimum atomic E-state index is -0.242. The summed E-state index contributed by atoms with van der Waals surface area (Å²) in [5.41, 5.74) is -0.242. The van der Waals surface area contributed by atoms with Crippen LogP contribution in [0, 0.1) is 0 Å². The molecule has 12 heavy (non-hydrogen) atoms. The van der Waals surface area contributed by atoms with Crippen LogP contribution < -0.4 is 5.32 Å². The summed E-state index contributed by atoms with van der Waals surface area (Å²) in [6, 6.07) is 4.62. The van der Waals surface area contributed by atoms with Crippen LogP contribution in [-0.4, -0.2) is 12.6 Å². The van der Waals surface area contributed by atoms with Gasteiger partial charge in [0.25, 0.3) is 0 Å². The number of rotatable bonds is 1. The largest absolute Gasteiger partial charge is 0.354 e. The lowest BCUT2D eigenvalue weighted by Crippen LogP contribution is -2.36. The molecule has 1 aliphatic heterocycles. The maximum absolute atomic E-state index is 5.70. The van der Waals surface area contributed by atoms with Crippen molar-refractivity contribution in [1.82, 2.24) is 5.32 Å². The standard InChI is InChI=1S/C9H13NOS/c1-7-6-11-9(2,10-7)8-4-3-5-12-8/h3-5,7,10H,6H2,1-2H3. The van der Waals surface area contributed by atoms with Crippen molar-refractivity contribution in [2.75, 3.05) is 6.61 Å². The van der Waals surface area contributed by atoms with E-state index in [-0.39, 0.29) is 5.72 Å². The molecule has 0 bridgehead atoms. The third-order valence-corrected chi connectivity index (χ3v) is 3.21. The normalized spacial score (nSPS) is 35.7. The first-order valence-corrected chi connectivity index (χ1v) is 5.04. The van der Waals surface area contributed by atoms with Gasteiger partial charge in [0.1, 0.15) is 0 Å². The molecule has 3 heteroatoms. The van der Waals surface area contributed by atoms with Crippen LogP contribution in [0.4, 0.5) is 0 Å². The summed E-state index contributed by atoms with van der Waals surface area (Å²) >= 11 is 1.73. The van der Waals surface area contributed by atoms with Gasteiger partial charge in [-0.1, -0.05) is 6.07 Å². The third-order valence-electron chi connectivity index (χ3n) is 2.14. The molecule has 1 fully saturated rings. The van der Waals surface area contributed by atoms with Crippen molar-refractivity contribution in [3.8, 4) is 0 Å². The molecule has 2 unspecified atom stereocenters. The van der Waals surface area contributed by atoms with Crippen LogP contribution in [0.25, 0.3) is 0 Å². The molecule has 1 N–H and O–H groups in total. The number of nitrogens with one attached hydrogen (secondary N) is 1. The van der Waals surface area contributed by atoms with Crippen LogP contribution in [-0.2, 0) is 10.5 Å². The molecule has 1 aliphatic rings. The molecule has 2 atom stereocenters. The first kappa shape index (κ1) is 8.23. The average Bonchev–Trinajstić information content (AvgIpc) is 2.59. The third kappa shape index (κ3) is 1.28. The molecule has 1 saturated heterocycles. The number of thiophene rings is 1. The lowest BCUT2D eigenvalue weighted by atomic mass is 10.2. The number of hydrogen-bond acceptors (Lipinski definition) is 3. The molecule has 0 aliphatic carbocycles. The van der Waals surface area contributed by atoms with Crippen molar-refractivity contribution in [2.24, 2.45) is 0 Å². The van der Waals surface area contributed by atoms with Gasteiger partial charge in [-0.3, -0.25) is 5.32 Å². The molecule has 66 valence electrons. The van der Waals surface area contributed by atoms with Crippen molar-refractivity contribution in [1.29, 1.82) is 0 Å². The smallest absolute Gasteiger partial charge is 0.152 e. The summed E-state index contributed by atoms with van der Waals surface area (Å²) in [7, 11) is 0. The van der Waals surface area contributed by atoms with Gasteiger partial charge in [-0.05, 0) is 25.3 Å². The fourth-order valence-electron chi connectivity index (χ4n) is 1.54. The highest BCUT2D eigenvalue weighted by atomic mass is 32.1. The Balaban J connectivity index is 2.23. The van der Waals surface area contributed by atoms with E-state index in [2.05, 4.69) is 36.7 Å². The van der Waals surface area contributed by atoms with Gasteiger partial charge in [0.05, 0.1) is 11.5 Å². The Labute approximate surface area is 76.6 Å². The molecule has 0 spiro atoms. The number of hydrogen-bond donors (Lipinski definition) is 1. The van der Waals surface area contributed by atoms with Gasteiger partial charge in [-0.15, -0.1) is 11.3 Å². The quantitative estimate of drug-likeness (QED) is 0.718. The first-order chi connectivity index (χ1) is 5.71. The Bertz CT molecular complexity index is 260. The van der Waals surface area contributed by atoms with Crippen molar-refractivity contribution in [3.63, 3.8) is 0 Å². The molecular weight excluding hydrogens is 170 g/mol. The van der Waals surface area contributed by atoms with Crippen molar-refractivity contribution in [2.45, 2.75) is 25.6 Å². The van der Waals surface area contributed by atoms with Crippen molar-refractivity contribution >= 4 is 11.3 Å². The van der Waals surface area contributed by atoms with Gasteiger partial charge in [0.15, 0.2) is 5.72 Å².